The van der Waals surface area contributed by atoms with Crippen molar-refractivity contribution in [2.24, 2.45) is 0 Å². The van der Waals surface area contributed by atoms with Gasteiger partial charge >= 0.3 is 10.0 Å². The Balaban J connectivity index is 0.000000280. The first kappa shape index (κ1) is 14.9. The standard InChI is InChI=1S/C13H14.C2H8O2Si/c1-2-6-11-8-5-9-12-7-3-4-10-13(11)12;1-3-5-4-2/h3-5,7-10H,2,6H2,1H3;5H2,1-2H3. The van der Waals surface area contributed by atoms with Crippen LogP contribution in [0.1, 0.15) is 18.9 Å². The van der Waals surface area contributed by atoms with Crippen molar-refractivity contribution >= 4 is 20.8 Å². The Morgan fingerprint density at radius 3 is 2.22 bits per heavy atom. The third-order valence-electron chi connectivity index (χ3n) is 2.63. The fraction of sp³-hybridized carbons (Fsp3) is 0.333. The second-order valence-electron chi connectivity index (χ2n) is 4.08. The second-order valence-corrected chi connectivity index (χ2v) is 5.47. The van der Waals surface area contributed by atoms with Gasteiger partial charge in [0.15, 0.2) is 0 Å². The molecule has 0 N–H and O–H groups in total. The molecule has 0 radical (unpaired) electrons. The summed E-state index contributed by atoms with van der Waals surface area (Å²) < 4.78 is 9.22. The van der Waals surface area contributed by atoms with Crippen molar-refractivity contribution < 1.29 is 8.85 Å². The van der Waals surface area contributed by atoms with Gasteiger partial charge < -0.3 is 8.85 Å². The van der Waals surface area contributed by atoms with Crippen molar-refractivity contribution in [3.8, 4) is 0 Å². The Morgan fingerprint density at radius 1 is 0.944 bits per heavy atom. The number of benzene rings is 2. The number of hydrogen-bond donors (Lipinski definition) is 0. The molecule has 18 heavy (non-hydrogen) atoms. The molecule has 0 saturated heterocycles. The summed E-state index contributed by atoms with van der Waals surface area (Å²) in [5.74, 6) is 0. The number of rotatable bonds is 4. The van der Waals surface area contributed by atoms with Gasteiger partial charge in [-0.15, -0.1) is 0 Å². The quantitative estimate of drug-likeness (QED) is 0.788. The van der Waals surface area contributed by atoms with Gasteiger partial charge in [0.05, 0.1) is 0 Å². The Kier molecular flexibility index (Phi) is 7.33. The lowest BCUT2D eigenvalue weighted by Crippen LogP contribution is -1.93. The molecule has 3 heteroatoms. The predicted molar refractivity (Wildman–Crippen MR) is 80.5 cm³/mol. The van der Waals surface area contributed by atoms with E-state index in [1.165, 1.54) is 29.2 Å². The highest BCUT2D eigenvalue weighted by Gasteiger charge is 1.97. The first-order chi connectivity index (χ1) is 8.83. The molecule has 2 rings (SSSR count). The molecule has 0 heterocycles. The van der Waals surface area contributed by atoms with Crippen molar-refractivity contribution in [1.82, 2.24) is 0 Å². The fourth-order valence-corrected chi connectivity index (χ4v) is 2.13. The first-order valence-corrected chi connectivity index (χ1v) is 7.43. The minimum atomic E-state index is -0.568. The second kappa shape index (κ2) is 8.86. The van der Waals surface area contributed by atoms with E-state index in [-0.39, 0.29) is 0 Å². The van der Waals surface area contributed by atoms with Crippen molar-refractivity contribution in [3.63, 3.8) is 0 Å². The van der Waals surface area contributed by atoms with E-state index in [4.69, 9.17) is 0 Å². The van der Waals surface area contributed by atoms with Crippen LogP contribution < -0.4 is 0 Å². The summed E-state index contributed by atoms with van der Waals surface area (Å²) in [4.78, 5) is 0. The van der Waals surface area contributed by atoms with Crippen LogP contribution >= 0.6 is 0 Å². The van der Waals surface area contributed by atoms with Gasteiger partial charge in [0.2, 0.25) is 0 Å². The van der Waals surface area contributed by atoms with Gasteiger partial charge in [0.1, 0.15) is 0 Å². The summed E-state index contributed by atoms with van der Waals surface area (Å²) in [5, 5.41) is 2.76. The van der Waals surface area contributed by atoms with E-state index in [2.05, 4.69) is 58.2 Å². The molecule has 0 atom stereocenters. The van der Waals surface area contributed by atoms with Gasteiger partial charge in [-0.3, -0.25) is 0 Å². The van der Waals surface area contributed by atoms with Crippen LogP contribution in [0, 0.1) is 0 Å². The van der Waals surface area contributed by atoms with Gasteiger partial charge in [-0.05, 0) is 22.8 Å². The average molecular weight is 262 g/mol. The molecule has 0 fully saturated rings. The Morgan fingerprint density at radius 2 is 1.61 bits per heavy atom. The van der Waals surface area contributed by atoms with Crippen molar-refractivity contribution in [2.75, 3.05) is 14.2 Å². The summed E-state index contributed by atoms with van der Waals surface area (Å²) in [6, 6.07) is 15.1. The third kappa shape index (κ3) is 4.60. The maximum absolute atomic E-state index is 4.61. The number of aryl methyl sites for hydroxylation is 1. The van der Waals surface area contributed by atoms with E-state index in [0.717, 1.165) is 0 Å². The summed E-state index contributed by atoms with van der Waals surface area (Å²) >= 11 is 0. The van der Waals surface area contributed by atoms with Crippen LogP contribution in [0.25, 0.3) is 10.8 Å². The molecule has 2 aromatic rings. The van der Waals surface area contributed by atoms with Crippen LogP contribution in [-0.4, -0.2) is 24.2 Å². The summed E-state index contributed by atoms with van der Waals surface area (Å²) in [5.41, 5.74) is 1.47. The normalized spacial score (nSPS) is 9.94. The molecule has 98 valence electrons. The maximum Gasteiger partial charge on any atom is 0.303 e. The molecule has 2 nitrogen and oxygen atoms in total. The van der Waals surface area contributed by atoms with Crippen LogP contribution in [0.3, 0.4) is 0 Å². The lowest BCUT2D eigenvalue weighted by Gasteiger charge is -2.03. The highest BCUT2D eigenvalue weighted by molar-refractivity contribution is 6.17. The van der Waals surface area contributed by atoms with Gasteiger partial charge in [-0.2, -0.15) is 0 Å². The van der Waals surface area contributed by atoms with Crippen LogP contribution in [0.15, 0.2) is 42.5 Å². The van der Waals surface area contributed by atoms with E-state index in [1.807, 2.05) is 0 Å². The molecule has 0 amide bonds. The zero-order valence-corrected chi connectivity index (χ0v) is 12.9. The fourth-order valence-electron chi connectivity index (χ4n) is 1.90. The molecule has 0 unspecified atom stereocenters. The minimum absolute atomic E-state index is 0.568. The van der Waals surface area contributed by atoms with Gasteiger partial charge in [-0.1, -0.05) is 55.8 Å². The molecule has 0 aliphatic heterocycles. The molecule has 0 saturated carbocycles. The van der Waals surface area contributed by atoms with Crippen molar-refractivity contribution in [2.45, 2.75) is 19.8 Å². The molecular weight excluding hydrogens is 240 g/mol. The van der Waals surface area contributed by atoms with Crippen LogP contribution in [0.4, 0.5) is 0 Å². The highest BCUT2D eigenvalue weighted by Crippen LogP contribution is 2.19. The van der Waals surface area contributed by atoms with Crippen LogP contribution in [0.5, 0.6) is 0 Å². The topological polar surface area (TPSA) is 18.5 Å². The number of hydrogen-bond acceptors (Lipinski definition) is 2. The lowest BCUT2D eigenvalue weighted by molar-refractivity contribution is 0.309. The predicted octanol–water partition coefficient (Wildman–Crippen LogP) is 3.07. The molecule has 0 spiro atoms. The third-order valence-corrected chi connectivity index (χ3v) is 3.11. The zero-order valence-electron chi connectivity index (χ0n) is 11.5. The summed E-state index contributed by atoms with van der Waals surface area (Å²) in [6.45, 7) is 2.22. The van der Waals surface area contributed by atoms with E-state index in [1.54, 1.807) is 14.2 Å². The molecule has 0 aliphatic rings. The van der Waals surface area contributed by atoms with Gasteiger partial charge in [0, 0.05) is 14.2 Å². The van der Waals surface area contributed by atoms with Crippen LogP contribution in [0.2, 0.25) is 0 Å². The molecule has 0 aliphatic carbocycles. The maximum atomic E-state index is 4.61. The summed E-state index contributed by atoms with van der Waals surface area (Å²) in [6.07, 6.45) is 2.40. The Hall–Kier alpha value is -1.16. The van der Waals surface area contributed by atoms with E-state index in [9.17, 15) is 0 Å². The molecule has 0 bridgehead atoms. The van der Waals surface area contributed by atoms with Crippen LogP contribution in [-0.2, 0) is 15.3 Å². The summed E-state index contributed by atoms with van der Waals surface area (Å²) in [7, 11) is 2.73. The van der Waals surface area contributed by atoms with Crippen molar-refractivity contribution in [3.05, 3.63) is 48.0 Å². The average Bonchev–Trinajstić information content (AvgIpc) is 2.41. The monoisotopic (exact) mass is 262 g/mol. The van der Waals surface area contributed by atoms with Gasteiger partial charge in [-0.25, -0.2) is 0 Å². The van der Waals surface area contributed by atoms with E-state index in [0.29, 0.717) is 0 Å². The molecule has 2 aromatic carbocycles. The SMILES string of the molecule is CCCc1cccc2ccccc12.CO[SiH2]OC. The van der Waals surface area contributed by atoms with E-state index >= 15 is 0 Å². The Bertz CT molecular complexity index is 450. The van der Waals surface area contributed by atoms with E-state index < -0.39 is 10.0 Å². The van der Waals surface area contributed by atoms with Gasteiger partial charge in [0.25, 0.3) is 0 Å². The highest BCUT2D eigenvalue weighted by atomic mass is 28.3. The molecular formula is C15H22O2Si. The first-order valence-electron chi connectivity index (χ1n) is 6.28. The lowest BCUT2D eigenvalue weighted by atomic mass is 10.0. The number of fused-ring (bicyclic) bond motifs is 1. The smallest absolute Gasteiger partial charge is 0.303 e. The zero-order chi connectivity index (χ0) is 13.2. The largest absolute Gasteiger partial charge is 0.402 e. The molecule has 0 aromatic heterocycles. The van der Waals surface area contributed by atoms with Crippen molar-refractivity contribution in [1.29, 1.82) is 0 Å². The minimum Gasteiger partial charge on any atom is -0.402 e. The Labute approximate surface area is 112 Å².